The van der Waals surface area contributed by atoms with E-state index in [-0.39, 0.29) is 18.4 Å². The number of aryl methyl sites for hydroxylation is 1. The number of nitrogens with one attached hydrogen (secondary N) is 1. The fourth-order valence-corrected chi connectivity index (χ4v) is 2.20. The van der Waals surface area contributed by atoms with Crippen LogP contribution in [-0.2, 0) is 13.7 Å². The van der Waals surface area contributed by atoms with Gasteiger partial charge in [0, 0.05) is 13.1 Å². The maximum Gasteiger partial charge on any atom is 0.368 e. The molecule has 24 heavy (non-hydrogen) atoms. The molecule has 0 aliphatic carbocycles. The van der Waals surface area contributed by atoms with Gasteiger partial charge in [0.15, 0.2) is 0 Å². The van der Waals surface area contributed by atoms with Crippen LogP contribution in [0.5, 0.6) is 11.6 Å². The Bertz CT molecular complexity index is 866. The van der Waals surface area contributed by atoms with Gasteiger partial charge >= 0.3 is 5.69 Å². The molecule has 0 saturated carbocycles. The summed E-state index contributed by atoms with van der Waals surface area (Å²) in [5, 5.41) is 14.2. The average Bonchev–Trinajstić information content (AvgIpc) is 3.17. The van der Waals surface area contributed by atoms with Gasteiger partial charge in [-0.1, -0.05) is 6.07 Å². The molecule has 9 nitrogen and oxygen atoms in total. The Labute approximate surface area is 137 Å². The molecule has 0 amide bonds. The van der Waals surface area contributed by atoms with E-state index in [1.54, 1.807) is 31.4 Å². The maximum absolute atomic E-state index is 12.2. The molecule has 1 aromatic carbocycles. The number of nitrogens with zero attached hydrogens (tertiary/aromatic N) is 5. The molecule has 9 heteroatoms. The number of tetrazole rings is 1. The molecule has 0 aliphatic rings. The molecule has 0 radical (unpaired) electrons. The van der Waals surface area contributed by atoms with Crippen LogP contribution >= 0.6 is 0 Å². The Morgan fingerprint density at radius 1 is 1.25 bits per heavy atom. The summed E-state index contributed by atoms with van der Waals surface area (Å²) in [5.74, 6) is 1.14. The minimum absolute atomic E-state index is 0.0234. The second kappa shape index (κ2) is 6.57. The number of aromatic amines is 1. The van der Waals surface area contributed by atoms with Crippen molar-refractivity contribution in [2.75, 3.05) is 0 Å². The van der Waals surface area contributed by atoms with Crippen molar-refractivity contribution in [2.45, 2.75) is 26.6 Å². The van der Waals surface area contributed by atoms with Gasteiger partial charge in [-0.05, 0) is 36.4 Å². The molecule has 3 aromatic rings. The van der Waals surface area contributed by atoms with Gasteiger partial charge in [-0.25, -0.2) is 9.89 Å². The molecule has 0 bridgehead atoms. The van der Waals surface area contributed by atoms with Gasteiger partial charge < -0.3 is 9.47 Å². The summed E-state index contributed by atoms with van der Waals surface area (Å²) >= 11 is 0. The van der Waals surface area contributed by atoms with Crippen molar-refractivity contribution < 1.29 is 9.47 Å². The van der Waals surface area contributed by atoms with Crippen LogP contribution in [0.15, 0.2) is 35.3 Å². The third-order valence-electron chi connectivity index (χ3n) is 3.27. The minimum Gasteiger partial charge on any atom is -0.491 e. The highest BCUT2D eigenvalue weighted by molar-refractivity contribution is 5.49. The lowest BCUT2D eigenvalue weighted by atomic mass is 10.1. The third-order valence-corrected chi connectivity index (χ3v) is 3.27. The maximum atomic E-state index is 12.2. The Balaban J connectivity index is 2.03. The van der Waals surface area contributed by atoms with Gasteiger partial charge in [0.25, 0.3) is 0 Å². The molecule has 0 aliphatic heterocycles. The summed E-state index contributed by atoms with van der Waals surface area (Å²) in [6.45, 7) is 4.05. The fourth-order valence-electron chi connectivity index (χ4n) is 2.20. The summed E-state index contributed by atoms with van der Waals surface area (Å²) < 4.78 is 13.9. The minimum atomic E-state index is -0.348. The molecular formula is C15H18N6O3. The first-order chi connectivity index (χ1) is 11.6. The van der Waals surface area contributed by atoms with Crippen LogP contribution in [-0.4, -0.2) is 36.1 Å². The van der Waals surface area contributed by atoms with Gasteiger partial charge in [-0.2, -0.15) is 14.5 Å². The van der Waals surface area contributed by atoms with Gasteiger partial charge in [0.1, 0.15) is 12.4 Å². The second-order valence-corrected chi connectivity index (χ2v) is 5.43. The summed E-state index contributed by atoms with van der Waals surface area (Å²) in [7, 11) is 1.54. The number of hydrogen-bond donors (Lipinski definition) is 1. The lowest BCUT2D eigenvalue weighted by Crippen LogP contribution is -2.23. The molecule has 126 valence electrons. The van der Waals surface area contributed by atoms with Crippen molar-refractivity contribution >= 4 is 0 Å². The standard InChI is InChI=1S/C15H18N6O3/c1-10(2)24-13-6-4-5-12(21-15(22)20(3)18-19-21)11(13)9-23-14-7-8-16-17-14/h4-8,10H,9H2,1-3H3,(H,16,17). The van der Waals surface area contributed by atoms with Crippen molar-refractivity contribution in [1.29, 1.82) is 0 Å². The van der Waals surface area contributed by atoms with Crippen LogP contribution < -0.4 is 15.2 Å². The number of benzene rings is 1. The third kappa shape index (κ3) is 3.14. The van der Waals surface area contributed by atoms with Crippen LogP contribution in [0.25, 0.3) is 5.69 Å². The monoisotopic (exact) mass is 330 g/mol. The Morgan fingerprint density at radius 3 is 2.71 bits per heavy atom. The molecule has 0 unspecified atom stereocenters. The zero-order chi connectivity index (χ0) is 17.1. The van der Waals surface area contributed by atoms with Crippen LogP contribution in [0.1, 0.15) is 19.4 Å². The topological polar surface area (TPSA) is 99.8 Å². The van der Waals surface area contributed by atoms with Crippen LogP contribution in [0.3, 0.4) is 0 Å². The lowest BCUT2D eigenvalue weighted by molar-refractivity contribution is 0.228. The summed E-state index contributed by atoms with van der Waals surface area (Å²) in [6, 6.07) is 7.11. The fraction of sp³-hybridized carbons (Fsp3) is 0.333. The van der Waals surface area contributed by atoms with Crippen LogP contribution in [0, 0.1) is 0 Å². The normalized spacial score (nSPS) is 11.0. The van der Waals surface area contributed by atoms with Gasteiger partial charge in [0.05, 0.1) is 23.6 Å². The highest BCUT2D eigenvalue weighted by Gasteiger charge is 2.17. The summed E-state index contributed by atoms with van der Waals surface area (Å²) in [5.41, 5.74) is 0.911. The predicted molar refractivity (Wildman–Crippen MR) is 85.3 cm³/mol. The van der Waals surface area contributed by atoms with Crippen molar-refractivity contribution in [2.24, 2.45) is 7.05 Å². The zero-order valence-electron chi connectivity index (χ0n) is 13.6. The summed E-state index contributed by atoms with van der Waals surface area (Å²) in [6.07, 6.45) is 1.57. The van der Waals surface area contributed by atoms with Crippen molar-refractivity contribution in [3.05, 3.63) is 46.5 Å². The number of hydrogen-bond acceptors (Lipinski definition) is 6. The van der Waals surface area contributed by atoms with Gasteiger partial charge in [0.2, 0.25) is 5.88 Å². The van der Waals surface area contributed by atoms with E-state index in [1.165, 1.54) is 4.68 Å². The van der Waals surface area contributed by atoms with E-state index in [1.807, 2.05) is 19.9 Å². The van der Waals surface area contributed by atoms with Crippen molar-refractivity contribution in [1.82, 2.24) is 30.0 Å². The second-order valence-electron chi connectivity index (χ2n) is 5.43. The van der Waals surface area contributed by atoms with E-state index in [9.17, 15) is 4.79 Å². The Hall–Kier alpha value is -3.10. The first-order valence-electron chi connectivity index (χ1n) is 7.46. The first kappa shape index (κ1) is 15.8. The van der Waals surface area contributed by atoms with Gasteiger partial charge in [-0.15, -0.1) is 0 Å². The van der Waals surface area contributed by atoms with E-state index in [0.29, 0.717) is 22.9 Å². The number of aromatic nitrogens is 6. The number of H-pyrrole nitrogens is 1. The first-order valence-corrected chi connectivity index (χ1v) is 7.46. The van der Waals surface area contributed by atoms with E-state index < -0.39 is 0 Å². The van der Waals surface area contributed by atoms with Crippen molar-refractivity contribution in [3.8, 4) is 17.3 Å². The molecule has 1 N–H and O–H groups in total. The Morgan fingerprint density at radius 2 is 2.08 bits per heavy atom. The van der Waals surface area contributed by atoms with E-state index in [4.69, 9.17) is 9.47 Å². The Kier molecular flexibility index (Phi) is 4.32. The average molecular weight is 330 g/mol. The number of ether oxygens (including phenoxy) is 2. The lowest BCUT2D eigenvalue weighted by Gasteiger charge is -2.17. The molecule has 3 rings (SSSR count). The molecule has 0 fully saturated rings. The smallest absolute Gasteiger partial charge is 0.368 e. The zero-order valence-corrected chi connectivity index (χ0v) is 13.6. The SMILES string of the molecule is CC(C)Oc1cccc(-n2nnn(C)c2=O)c1COc1ccn[nH]1. The highest BCUT2D eigenvalue weighted by atomic mass is 16.5. The quantitative estimate of drug-likeness (QED) is 0.725. The highest BCUT2D eigenvalue weighted by Crippen LogP contribution is 2.26. The predicted octanol–water partition coefficient (Wildman–Crippen LogP) is 1.06. The van der Waals surface area contributed by atoms with E-state index >= 15 is 0 Å². The molecule has 0 spiro atoms. The number of rotatable bonds is 6. The summed E-state index contributed by atoms with van der Waals surface area (Å²) in [4.78, 5) is 12.2. The molecular weight excluding hydrogens is 312 g/mol. The molecule has 2 heterocycles. The molecule has 0 atom stereocenters. The van der Waals surface area contributed by atoms with Gasteiger partial charge in [-0.3, -0.25) is 0 Å². The van der Waals surface area contributed by atoms with Crippen LogP contribution in [0.4, 0.5) is 0 Å². The molecule has 0 saturated heterocycles. The largest absolute Gasteiger partial charge is 0.491 e. The molecule has 2 aromatic heterocycles. The van der Waals surface area contributed by atoms with E-state index in [0.717, 1.165) is 4.68 Å². The van der Waals surface area contributed by atoms with E-state index in [2.05, 4.69) is 20.6 Å². The van der Waals surface area contributed by atoms with Crippen LogP contribution in [0.2, 0.25) is 0 Å². The van der Waals surface area contributed by atoms with Crippen molar-refractivity contribution in [3.63, 3.8) is 0 Å².